The molecule has 6 heteroatoms. The monoisotopic (exact) mass is 345 g/mol. The third kappa shape index (κ3) is 3.02. The van der Waals surface area contributed by atoms with Gasteiger partial charge in [-0.1, -0.05) is 29.8 Å². The minimum absolute atomic E-state index is 0.206. The predicted octanol–water partition coefficient (Wildman–Crippen LogP) is 4.08. The molecule has 0 fully saturated rings. The van der Waals surface area contributed by atoms with Crippen LogP contribution in [0.1, 0.15) is 26.5 Å². The number of nitrogen functional groups attached to an aromatic ring is 1. The van der Waals surface area contributed by atoms with E-state index in [1.165, 1.54) is 11.3 Å². The van der Waals surface area contributed by atoms with Crippen molar-refractivity contribution in [2.45, 2.75) is 20.4 Å². The normalized spacial score (nSPS) is 10.9. The molecule has 0 radical (unpaired) electrons. The second-order valence-corrected chi connectivity index (χ2v) is 6.79. The van der Waals surface area contributed by atoms with E-state index in [1.807, 2.05) is 38.1 Å². The molecule has 3 aromatic rings. The highest BCUT2D eigenvalue weighted by Crippen LogP contribution is 2.34. The number of rotatable bonds is 3. The Labute approximate surface area is 143 Å². The summed E-state index contributed by atoms with van der Waals surface area (Å²) in [7, 11) is 0. The summed E-state index contributed by atoms with van der Waals surface area (Å²) in [6.45, 7) is 4.27. The maximum Gasteiger partial charge on any atom is 0.263 e. The third-order valence-electron chi connectivity index (χ3n) is 3.63. The molecular formula is C17H16ClN3OS. The predicted molar refractivity (Wildman–Crippen MR) is 96.1 cm³/mol. The third-order valence-corrected chi connectivity index (χ3v) is 5.09. The number of halogens is 1. The maximum atomic E-state index is 12.5. The summed E-state index contributed by atoms with van der Waals surface area (Å²) >= 11 is 7.42. The van der Waals surface area contributed by atoms with Crippen molar-refractivity contribution in [2.24, 2.45) is 0 Å². The van der Waals surface area contributed by atoms with Crippen LogP contribution >= 0.6 is 22.9 Å². The van der Waals surface area contributed by atoms with Gasteiger partial charge in [0.1, 0.15) is 9.71 Å². The van der Waals surface area contributed by atoms with Gasteiger partial charge in [-0.2, -0.15) is 0 Å². The molecule has 23 heavy (non-hydrogen) atoms. The van der Waals surface area contributed by atoms with Gasteiger partial charge >= 0.3 is 0 Å². The topological polar surface area (TPSA) is 68.0 Å². The summed E-state index contributed by atoms with van der Waals surface area (Å²) in [5, 5.41) is 4.37. The van der Waals surface area contributed by atoms with Gasteiger partial charge in [0.15, 0.2) is 0 Å². The summed E-state index contributed by atoms with van der Waals surface area (Å²) in [6, 6.07) is 9.39. The van der Waals surface area contributed by atoms with Crippen LogP contribution in [0.15, 0.2) is 30.3 Å². The van der Waals surface area contributed by atoms with Crippen LogP contribution in [-0.4, -0.2) is 10.9 Å². The first-order chi connectivity index (χ1) is 11.0. The number of hydrogen-bond donors (Lipinski definition) is 2. The van der Waals surface area contributed by atoms with E-state index < -0.39 is 0 Å². The van der Waals surface area contributed by atoms with Crippen molar-refractivity contribution in [3.05, 3.63) is 57.1 Å². The summed E-state index contributed by atoms with van der Waals surface area (Å²) in [5.74, 6) is -0.206. The lowest BCUT2D eigenvalue weighted by atomic mass is 10.1. The zero-order chi connectivity index (χ0) is 16.6. The molecule has 0 unspecified atom stereocenters. The number of hydrogen-bond acceptors (Lipinski definition) is 4. The lowest BCUT2D eigenvalue weighted by Gasteiger charge is -2.06. The van der Waals surface area contributed by atoms with Crippen molar-refractivity contribution in [1.29, 1.82) is 0 Å². The number of benzene rings is 1. The van der Waals surface area contributed by atoms with Crippen LogP contribution in [0.5, 0.6) is 0 Å². The Hall–Kier alpha value is -2.11. The van der Waals surface area contributed by atoms with Crippen LogP contribution in [0.4, 0.5) is 5.69 Å². The molecule has 3 N–H and O–H groups in total. The highest BCUT2D eigenvalue weighted by Gasteiger charge is 2.18. The van der Waals surface area contributed by atoms with Gasteiger partial charge in [0.2, 0.25) is 0 Å². The molecule has 0 bridgehead atoms. The van der Waals surface area contributed by atoms with Crippen molar-refractivity contribution >= 4 is 44.7 Å². The van der Waals surface area contributed by atoms with Crippen LogP contribution in [0.2, 0.25) is 5.02 Å². The van der Waals surface area contributed by atoms with E-state index in [9.17, 15) is 4.79 Å². The van der Waals surface area contributed by atoms with E-state index in [2.05, 4.69) is 10.3 Å². The molecule has 2 aromatic heterocycles. The Kier molecular flexibility index (Phi) is 4.24. The Balaban J connectivity index is 1.88. The Morgan fingerprint density at radius 2 is 2.09 bits per heavy atom. The molecule has 1 aromatic carbocycles. The second-order valence-electron chi connectivity index (χ2n) is 5.38. The van der Waals surface area contributed by atoms with Gasteiger partial charge in [0, 0.05) is 22.6 Å². The standard InChI is InChI=1S/C17H16ClN3OS/c1-9-7-10(2)21-17-13(9)14(19)15(23-17)16(22)20-8-11-5-3-4-6-12(11)18/h3-7H,8,19H2,1-2H3,(H,20,22). The Morgan fingerprint density at radius 3 is 2.83 bits per heavy atom. The molecule has 0 aliphatic carbocycles. The summed E-state index contributed by atoms with van der Waals surface area (Å²) in [4.78, 5) is 18.2. The van der Waals surface area contributed by atoms with E-state index in [-0.39, 0.29) is 5.91 Å². The van der Waals surface area contributed by atoms with Crippen molar-refractivity contribution in [3.8, 4) is 0 Å². The number of carbonyl (C=O) groups is 1. The Morgan fingerprint density at radius 1 is 1.35 bits per heavy atom. The quantitative estimate of drug-likeness (QED) is 0.751. The fourth-order valence-corrected chi connectivity index (χ4v) is 3.87. The minimum Gasteiger partial charge on any atom is -0.397 e. The number of fused-ring (bicyclic) bond motifs is 1. The second kappa shape index (κ2) is 6.18. The fraction of sp³-hybridized carbons (Fsp3) is 0.176. The van der Waals surface area contributed by atoms with Crippen LogP contribution in [0.25, 0.3) is 10.2 Å². The lowest BCUT2D eigenvalue weighted by Crippen LogP contribution is -2.22. The zero-order valence-electron chi connectivity index (χ0n) is 12.8. The molecule has 0 aliphatic heterocycles. The number of thiophene rings is 1. The van der Waals surface area contributed by atoms with Gasteiger partial charge in [-0.05, 0) is 37.1 Å². The minimum atomic E-state index is -0.206. The van der Waals surface area contributed by atoms with Crippen molar-refractivity contribution < 1.29 is 4.79 Å². The van der Waals surface area contributed by atoms with Gasteiger partial charge < -0.3 is 11.1 Å². The fourth-order valence-electron chi connectivity index (χ4n) is 2.54. The molecule has 0 atom stereocenters. The molecule has 1 amide bonds. The smallest absolute Gasteiger partial charge is 0.263 e. The highest BCUT2D eigenvalue weighted by atomic mass is 35.5. The van der Waals surface area contributed by atoms with E-state index in [0.717, 1.165) is 27.0 Å². The number of aromatic nitrogens is 1. The van der Waals surface area contributed by atoms with E-state index in [0.29, 0.717) is 22.1 Å². The molecule has 0 saturated carbocycles. The molecule has 2 heterocycles. The molecule has 118 valence electrons. The largest absolute Gasteiger partial charge is 0.397 e. The number of nitrogens with two attached hydrogens (primary N) is 1. The van der Waals surface area contributed by atoms with Crippen LogP contribution in [-0.2, 0) is 6.54 Å². The van der Waals surface area contributed by atoms with Crippen molar-refractivity contribution in [2.75, 3.05) is 5.73 Å². The van der Waals surface area contributed by atoms with Crippen LogP contribution in [0.3, 0.4) is 0 Å². The van der Waals surface area contributed by atoms with Gasteiger partial charge in [-0.15, -0.1) is 11.3 Å². The first-order valence-corrected chi connectivity index (χ1v) is 8.34. The summed E-state index contributed by atoms with van der Waals surface area (Å²) in [6.07, 6.45) is 0. The van der Waals surface area contributed by atoms with Crippen LogP contribution < -0.4 is 11.1 Å². The van der Waals surface area contributed by atoms with Crippen LogP contribution in [0, 0.1) is 13.8 Å². The zero-order valence-corrected chi connectivity index (χ0v) is 14.4. The molecule has 4 nitrogen and oxygen atoms in total. The number of anilines is 1. The number of nitrogens with one attached hydrogen (secondary N) is 1. The Bertz CT molecular complexity index is 904. The number of aryl methyl sites for hydroxylation is 2. The first kappa shape index (κ1) is 15.8. The first-order valence-electron chi connectivity index (χ1n) is 7.15. The molecule has 0 spiro atoms. The average Bonchev–Trinajstić information content (AvgIpc) is 2.83. The van der Waals surface area contributed by atoms with Gasteiger partial charge in [-0.3, -0.25) is 4.79 Å². The van der Waals surface area contributed by atoms with Gasteiger partial charge in [-0.25, -0.2) is 4.98 Å². The summed E-state index contributed by atoms with van der Waals surface area (Å²) < 4.78 is 0. The molecule has 0 aliphatic rings. The molecule has 0 saturated heterocycles. The van der Waals surface area contributed by atoms with Crippen molar-refractivity contribution in [1.82, 2.24) is 10.3 Å². The molecule has 3 rings (SSSR count). The SMILES string of the molecule is Cc1cc(C)c2c(N)c(C(=O)NCc3ccccc3Cl)sc2n1. The van der Waals surface area contributed by atoms with E-state index in [4.69, 9.17) is 17.3 Å². The van der Waals surface area contributed by atoms with E-state index >= 15 is 0 Å². The summed E-state index contributed by atoms with van der Waals surface area (Å²) in [5.41, 5.74) is 9.48. The maximum absolute atomic E-state index is 12.5. The number of amides is 1. The highest BCUT2D eigenvalue weighted by molar-refractivity contribution is 7.21. The molecular weight excluding hydrogens is 330 g/mol. The number of carbonyl (C=O) groups excluding carboxylic acids is 1. The van der Waals surface area contributed by atoms with E-state index in [1.54, 1.807) is 6.07 Å². The average molecular weight is 346 g/mol. The lowest BCUT2D eigenvalue weighted by molar-refractivity contribution is 0.0956. The number of pyridine rings is 1. The van der Waals surface area contributed by atoms with Gasteiger partial charge in [0.05, 0.1) is 5.69 Å². The number of nitrogens with zero attached hydrogens (tertiary/aromatic N) is 1. The van der Waals surface area contributed by atoms with Crippen molar-refractivity contribution in [3.63, 3.8) is 0 Å². The van der Waals surface area contributed by atoms with Gasteiger partial charge in [0.25, 0.3) is 5.91 Å².